The fraction of sp³-hybridized carbons (Fsp3) is 0.261. The van der Waals surface area contributed by atoms with E-state index in [4.69, 9.17) is 11.6 Å². The molecule has 1 fully saturated rings. The molecule has 29 heavy (non-hydrogen) atoms. The van der Waals surface area contributed by atoms with Crippen molar-refractivity contribution in [2.45, 2.75) is 26.3 Å². The van der Waals surface area contributed by atoms with Gasteiger partial charge in [-0.1, -0.05) is 65.7 Å². The number of allylic oxidation sites excluding steroid dienone is 2. The second-order valence-electron chi connectivity index (χ2n) is 7.52. The van der Waals surface area contributed by atoms with Crippen LogP contribution in [0.15, 0.2) is 66.2 Å². The minimum absolute atomic E-state index is 0.105. The van der Waals surface area contributed by atoms with Crippen molar-refractivity contribution in [2.75, 3.05) is 0 Å². The molecular weight excluding hydrogens is 388 g/mol. The van der Waals surface area contributed by atoms with E-state index in [1.807, 2.05) is 43.3 Å². The van der Waals surface area contributed by atoms with Crippen LogP contribution in [0.4, 0.5) is 0 Å². The molecule has 148 valence electrons. The highest BCUT2D eigenvalue weighted by atomic mass is 35.5. The first kappa shape index (κ1) is 19.4. The van der Waals surface area contributed by atoms with Gasteiger partial charge in [-0.25, -0.2) is 5.01 Å². The molecule has 1 aliphatic carbocycles. The van der Waals surface area contributed by atoms with Crippen molar-refractivity contribution in [3.63, 3.8) is 0 Å². The average Bonchev–Trinajstić information content (AvgIpc) is 2.96. The zero-order valence-corrected chi connectivity index (χ0v) is 16.8. The van der Waals surface area contributed by atoms with E-state index in [1.54, 1.807) is 24.3 Å². The molecule has 1 aliphatic heterocycles. The number of carbonyl (C=O) groups is 3. The minimum atomic E-state index is -0.468. The van der Waals surface area contributed by atoms with Crippen molar-refractivity contribution in [3.8, 4) is 0 Å². The topological polar surface area (TPSA) is 57.7 Å². The van der Waals surface area contributed by atoms with Crippen LogP contribution < -0.4 is 0 Å². The SMILES string of the molecule is CC1=CC[C@@H]2C(=O)N(N(Cc3ccccc3)C(=O)c3ccccc3Cl)C(=O)[C@@H]2C1. The van der Waals surface area contributed by atoms with Gasteiger partial charge in [0.1, 0.15) is 0 Å². The maximum absolute atomic E-state index is 13.4. The van der Waals surface area contributed by atoms with Gasteiger partial charge < -0.3 is 0 Å². The van der Waals surface area contributed by atoms with Crippen molar-refractivity contribution in [2.24, 2.45) is 11.8 Å². The van der Waals surface area contributed by atoms with Crippen LogP contribution in [0.1, 0.15) is 35.7 Å². The summed E-state index contributed by atoms with van der Waals surface area (Å²) in [6, 6.07) is 16.0. The van der Waals surface area contributed by atoms with Crippen LogP contribution in [0.25, 0.3) is 0 Å². The van der Waals surface area contributed by atoms with E-state index in [2.05, 4.69) is 0 Å². The first-order valence-electron chi connectivity index (χ1n) is 9.61. The monoisotopic (exact) mass is 408 g/mol. The predicted molar refractivity (Wildman–Crippen MR) is 110 cm³/mol. The van der Waals surface area contributed by atoms with Crippen molar-refractivity contribution < 1.29 is 14.4 Å². The van der Waals surface area contributed by atoms with Crippen LogP contribution in [-0.2, 0) is 16.1 Å². The average molecular weight is 409 g/mol. The van der Waals surface area contributed by atoms with Gasteiger partial charge in [0.15, 0.2) is 0 Å². The molecule has 0 bridgehead atoms. The van der Waals surface area contributed by atoms with E-state index >= 15 is 0 Å². The molecule has 2 aromatic carbocycles. The number of hydrogen-bond donors (Lipinski definition) is 0. The van der Waals surface area contributed by atoms with Gasteiger partial charge in [-0.3, -0.25) is 14.4 Å². The Morgan fingerprint density at radius 2 is 1.69 bits per heavy atom. The summed E-state index contributed by atoms with van der Waals surface area (Å²) in [5, 5.41) is 2.58. The lowest BCUT2D eigenvalue weighted by atomic mass is 9.82. The van der Waals surface area contributed by atoms with Crippen LogP contribution >= 0.6 is 11.6 Å². The lowest BCUT2D eigenvalue weighted by Crippen LogP contribution is -2.49. The third-order valence-electron chi connectivity index (χ3n) is 5.56. The summed E-state index contributed by atoms with van der Waals surface area (Å²) in [6.45, 7) is 2.07. The van der Waals surface area contributed by atoms with Gasteiger partial charge in [-0.05, 0) is 37.5 Å². The second kappa shape index (κ2) is 7.84. The van der Waals surface area contributed by atoms with E-state index in [0.717, 1.165) is 16.1 Å². The standard InChI is InChI=1S/C23H21ClN2O3/c1-15-11-12-17-19(13-15)23(29)26(22(17)28)25(14-16-7-3-2-4-8-16)21(27)18-9-5-6-10-20(18)24/h2-11,17,19H,12-14H2,1H3/t17-,19+/m0/s1. The first-order chi connectivity index (χ1) is 14.0. The van der Waals surface area contributed by atoms with E-state index in [-0.39, 0.29) is 28.9 Å². The van der Waals surface area contributed by atoms with Crippen molar-refractivity contribution in [1.82, 2.24) is 10.0 Å². The van der Waals surface area contributed by atoms with Gasteiger partial charge in [0, 0.05) is 0 Å². The number of nitrogens with zero attached hydrogens (tertiary/aromatic N) is 2. The fourth-order valence-electron chi connectivity index (χ4n) is 4.02. The van der Waals surface area contributed by atoms with E-state index in [1.165, 1.54) is 5.01 Å². The Balaban J connectivity index is 1.73. The number of carbonyl (C=O) groups excluding carboxylic acids is 3. The number of rotatable bonds is 4. The summed E-state index contributed by atoms with van der Waals surface area (Å²) in [5.74, 6) is -1.93. The van der Waals surface area contributed by atoms with Crippen LogP contribution in [0.5, 0.6) is 0 Å². The molecule has 0 saturated carbocycles. The summed E-state index contributed by atoms with van der Waals surface area (Å²) in [7, 11) is 0. The molecule has 2 aliphatic rings. The van der Waals surface area contributed by atoms with Crippen LogP contribution in [0.3, 0.4) is 0 Å². The van der Waals surface area contributed by atoms with Gasteiger partial charge in [-0.15, -0.1) is 0 Å². The number of fused-ring (bicyclic) bond motifs is 1. The van der Waals surface area contributed by atoms with Crippen molar-refractivity contribution >= 4 is 29.3 Å². The number of imide groups is 1. The smallest absolute Gasteiger partial charge is 0.272 e. The summed E-state index contributed by atoms with van der Waals surface area (Å²) in [5.41, 5.74) is 2.17. The molecule has 2 atom stereocenters. The highest BCUT2D eigenvalue weighted by Gasteiger charge is 2.51. The van der Waals surface area contributed by atoms with Gasteiger partial charge in [0.2, 0.25) is 0 Å². The molecule has 0 N–H and O–H groups in total. The lowest BCUT2D eigenvalue weighted by Gasteiger charge is -2.31. The highest BCUT2D eigenvalue weighted by Crippen LogP contribution is 2.39. The molecule has 1 heterocycles. The first-order valence-corrected chi connectivity index (χ1v) is 9.99. The summed E-state index contributed by atoms with van der Waals surface area (Å²) < 4.78 is 0. The molecular formula is C23H21ClN2O3. The van der Waals surface area contributed by atoms with Crippen LogP contribution in [-0.4, -0.2) is 27.7 Å². The lowest BCUT2D eigenvalue weighted by molar-refractivity contribution is -0.155. The van der Waals surface area contributed by atoms with Crippen molar-refractivity contribution in [3.05, 3.63) is 82.4 Å². The summed E-state index contributed by atoms with van der Waals surface area (Å²) >= 11 is 6.24. The predicted octanol–water partition coefficient (Wildman–Crippen LogP) is 4.24. The summed E-state index contributed by atoms with van der Waals surface area (Å²) in [6.07, 6.45) is 3.08. The number of halogens is 1. The molecule has 1 saturated heterocycles. The van der Waals surface area contributed by atoms with E-state index in [9.17, 15) is 14.4 Å². The highest BCUT2D eigenvalue weighted by molar-refractivity contribution is 6.33. The summed E-state index contributed by atoms with van der Waals surface area (Å²) in [4.78, 5) is 39.8. The quantitative estimate of drug-likeness (QED) is 0.561. The third-order valence-corrected chi connectivity index (χ3v) is 5.88. The van der Waals surface area contributed by atoms with Gasteiger partial charge in [0.05, 0.1) is 29.0 Å². The van der Waals surface area contributed by atoms with Crippen LogP contribution in [0.2, 0.25) is 5.02 Å². The normalized spacial score (nSPS) is 21.0. The number of benzene rings is 2. The second-order valence-corrected chi connectivity index (χ2v) is 7.93. The van der Waals surface area contributed by atoms with Gasteiger partial charge >= 0.3 is 0 Å². The van der Waals surface area contributed by atoms with Crippen LogP contribution in [0, 0.1) is 11.8 Å². The van der Waals surface area contributed by atoms with Crippen molar-refractivity contribution in [1.29, 1.82) is 0 Å². The van der Waals surface area contributed by atoms with Gasteiger partial charge in [-0.2, -0.15) is 5.01 Å². The maximum atomic E-state index is 13.4. The third kappa shape index (κ3) is 3.58. The molecule has 0 radical (unpaired) electrons. The zero-order chi connectivity index (χ0) is 20.5. The Bertz CT molecular complexity index is 1000. The number of hydrogen-bond acceptors (Lipinski definition) is 3. The molecule has 0 unspecified atom stereocenters. The fourth-order valence-corrected chi connectivity index (χ4v) is 4.24. The molecule has 2 aromatic rings. The molecule has 0 aromatic heterocycles. The zero-order valence-electron chi connectivity index (χ0n) is 16.0. The largest absolute Gasteiger partial charge is 0.274 e. The maximum Gasteiger partial charge on any atom is 0.274 e. The Morgan fingerprint density at radius 1 is 1.03 bits per heavy atom. The Kier molecular flexibility index (Phi) is 5.24. The molecule has 4 rings (SSSR count). The Morgan fingerprint density at radius 3 is 2.41 bits per heavy atom. The Hall–Kier alpha value is -2.92. The van der Waals surface area contributed by atoms with E-state index < -0.39 is 17.7 Å². The van der Waals surface area contributed by atoms with E-state index in [0.29, 0.717) is 12.8 Å². The number of hydrazine groups is 1. The molecule has 6 heteroatoms. The van der Waals surface area contributed by atoms with Gasteiger partial charge in [0.25, 0.3) is 17.7 Å². The molecule has 0 spiro atoms. The minimum Gasteiger partial charge on any atom is -0.272 e. The Labute approximate surface area is 174 Å². The molecule has 3 amide bonds. The number of amides is 3. The molecule has 5 nitrogen and oxygen atoms in total.